The van der Waals surface area contributed by atoms with Crippen molar-refractivity contribution in [1.29, 1.82) is 0 Å². The van der Waals surface area contributed by atoms with Crippen LogP contribution in [0.5, 0.6) is 5.75 Å². The molecule has 0 saturated carbocycles. The number of fused-ring (bicyclic) bond motifs is 1. The molecule has 11 heteroatoms. The summed E-state index contributed by atoms with van der Waals surface area (Å²) in [7, 11) is 1.20. The van der Waals surface area contributed by atoms with Gasteiger partial charge in [0.05, 0.1) is 18.2 Å². The van der Waals surface area contributed by atoms with Gasteiger partial charge in [0.1, 0.15) is 18.2 Å². The molecule has 0 saturated heterocycles. The summed E-state index contributed by atoms with van der Waals surface area (Å²) in [6.07, 6.45) is -0.777. The zero-order valence-corrected chi connectivity index (χ0v) is 20.0. The first-order valence-corrected chi connectivity index (χ1v) is 10.9. The number of rotatable bonds is 6. The second kappa shape index (κ2) is 11.0. The number of alkyl carbamates (subject to hydrolysis) is 1. The van der Waals surface area contributed by atoms with Gasteiger partial charge in [-0.2, -0.15) is 0 Å². The molecule has 8 nitrogen and oxygen atoms in total. The molecule has 2 aromatic carbocycles. The molecule has 33 heavy (non-hydrogen) atoms. The highest BCUT2D eigenvalue weighted by atomic mass is 79.9. The Labute approximate surface area is 202 Å². The molecule has 0 fully saturated rings. The third-order valence-corrected chi connectivity index (χ3v) is 5.32. The highest BCUT2D eigenvalue weighted by Crippen LogP contribution is 2.39. The SMILES string of the molecule is CCOC(=O)NC(=S)Nc1nc(C(=O)OC)c(OCc2ccccc2)c2ccc(F)c(Br)c12. The van der Waals surface area contributed by atoms with Crippen molar-refractivity contribution < 1.29 is 28.2 Å². The van der Waals surface area contributed by atoms with Crippen LogP contribution in [0.15, 0.2) is 46.9 Å². The standard InChI is InChI=1S/C22H19BrFN3O5S/c1-3-31-22(29)27-21(33)26-19-15-13(9-10-14(24)16(15)23)18(17(25-19)20(28)30-2)32-11-12-7-5-4-6-8-12/h4-10H,3,11H2,1-2H3,(H2,25,26,27,29,33). The Morgan fingerprint density at radius 3 is 2.58 bits per heavy atom. The summed E-state index contributed by atoms with van der Waals surface area (Å²) in [6, 6.07) is 12.0. The lowest BCUT2D eigenvalue weighted by atomic mass is 10.1. The van der Waals surface area contributed by atoms with Crippen LogP contribution in [0.1, 0.15) is 23.0 Å². The third kappa shape index (κ3) is 5.74. The highest BCUT2D eigenvalue weighted by molar-refractivity contribution is 9.10. The zero-order valence-electron chi connectivity index (χ0n) is 17.6. The highest BCUT2D eigenvalue weighted by Gasteiger charge is 2.25. The number of halogens is 2. The third-order valence-electron chi connectivity index (χ3n) is 4.34. The number of nitrogens with one attached hydrogen (secondary N) is 2. The number of methoxy groups -OCH3 is 1. The van der Waals surface area contributed by atoms with E-state index in [4.69, 9.17) is 26.4 Å². The molecule has 0 spiro atoms. The first-order chi connectivity index (χ1) is 15.8. The maximum Gasteiger partial charge on any atom is 0.413 e. The molecule has 1 heterocycles. The van der Waals surface area contributed by atoms with Crippen LogP contribution in [-0.4, -0.2) is 35.9 Å². The molecule has 0 aliphatic rings. The number of hydrogen-bond donors (Lipinski definition) is 2. The minimum atomic E-state index is -0.777. The molecule has 172 valence electrons. The number of thiocarbonyl (C=S) groups is 1. The number of hydrogen-bond acceptors (Lipinski definition) is 7. The summed E-state index contributed by atoms with van der Waals surface area (Å²) in [5.74, 6) is -1.23. The zero-order chi connectivity index (χ0) is 24.0. The Bertz CT molecular complexity index is 1210. The number of pyridine rings is 1. The lowest BCUT2D eigenvalue weighted by molar-refractivity contribution is 0.0589. The molecule has 0 aliphatic heterocycles. The topological polar surface area (TPSA) is 98.8 Å². The van der Waals surface area contributed by atoms with Crippen LogP contribution in [0, 0.1) is 5.82 Å². The summed E-state index contributed by atoms with van der Waals surface area (Å²) in [6.45, 7) is 1.92. The first kappa shape index (κ1) is 24.3. The van der Waals surface area contributed by atoms with Gasteiger partial charge in [-0.15, -0.1) is 0 Å². The van der Waals surface area contributed by atoms with Crippen LogP contribution < -0.4 is 15.4 Å². The summed E-state index contributed by atoms with van der Waals surface area (Å²) in [5, 5.41) is 5.49. The Balaban J connectivity index is 2.11. The van der Waals surface area contributed by atoms with Crippen molar-refractivity contribution in [3.8, 4) is 5.75 Å². The monoisotopic (exact) mass is 535 g/mol. The average Bonchev–Trinajstić information content (AvgIpc) is 2.80. The molecule has 0 radical (unpaired) electrons. The van der Waals surface area contributed by atoms with Crippen molar-refractivity contribution in [3.05, 3.63) is 64.0 Å². The fourth-order valence-electron chi connectivity index (χ4n) is 2.92. The van der Waals surface area contributed by atoms with Crippen LogP contribution in [-0.2, 0) is 16.1 Å². The van der Waals surface area contributed by atoms with Crippen molar-refractivity contribution in [3.63, 3.8) is 0 Å². The van der Waals surface area contributed by atoms with E-state index in [0.717, 1.165) is 5.56 Å². The van der Waals surface area contributed by atoms with Gasteiger partial charge in [0.15, 0.2) is 16.6 Å². The summed E-state index contributed by atoms with van der Waals surface area (Å²) < 4.78 is 30.1. The van der Waals surface area contributed by atoms with Crippen LogP contribution in [0.2, 0.25) is 0 Å². The van der Waals surface area contributed by atoms with Crippen molar-refractivity contribution in [1.82, 2.24) is 10.3 Å². The largest absolute Gasteiger partial charge is 0.486 e. The normalized spacial score (nSPS) is 10.4. The van der Waals surface area contributed by atoms with Gasteiger partial charge in [0, 0.05) is 10.8 Å². The second-order valence-corrected chi connectivity index (χ2v) is 7.69. The van der Waals surface area contributed by atoms with Crippen molar-refractivity contribution in [2.24, 2.45) is 0 Å². The van der Waals surface area contributed by atoms with Crippen molar-refractivity contribution >= 4 is 61.9 Å². The number of esters is 1. The van der Waals surface area contributed by atoms with Gasteiger partial charge in [-0.25, -0.2) is 19.0 Å². The number of amides is 1. The van der Waals surface area contributed by atoms with Crippen molar-refractivity contribution in [2.45, 2.75) is 13.5 Å². The average molecular weight is 536 g/mol. The van der Waals surface area contributed by atoms with Gasteiger partial charge in [-0.3, -0.25) is 5.32 Å². The number of benzene rings is 2. The second-order valence-electron chi connectivity index (χ2n) is 6.49. The predicted molar refractivity (Wildman–Crippen MR) is 128 cm³/mol. The van der Waals surface area contributed by atoms with Gasteiger partial charge < -0.3 is 19.5 Å². The number of carbonyl (C=O) groups is 2. The van der Waals surface area contributed by atoms with Crippen molar-refractivity contribution in [2.75, 3.05) is 19.0 Å². The lowest BCUT2D eigenvalue weighted by Gasteiger charge is -2.18. The Hall–Kier alpha value is -3.31. The molecule has 0 aliphatic carbocycles. The van der Waals surface area contributed by atoms with E-state index in [2.05, 4.69) is 31.5 Å². The molecule has 3 rings (SSSR count). The minimum Gasteiger partial charge on any atom is -0.486 e. The van der Waals surface area contributed by atoms with Crippen LogP contribution in [0.4, 0.5) is 15.0 Å². The lowest BCUT2D eigenvalue weighted by Crippen LogP contribution is -2.35. The molecular formula is C22H19BrFN3O5S. The van der Waals surface area contributed by atoms with E-state index < -0.39 is 17.9 Å². The fraction of sp³-hybridized carbons (Fsp3) is 0.182. The fourth-order valence-corrected chi connectivity index (χ4v) is 3.63. The first-order valence-electron chi connectivity index (χ1n) is 9.67. The van der Waals surface area contributed by atoms with Gasteiger partial charge in [0.2, 0.25) is 0 Å². The molecule has 0 unspecified atom stereocenters. The Morgan fingerprint density at radius 1 is 1.18 bits per heavy atom. The van der Waals surface area contributed by atoms with Crippen LogP contribution in [0.25, 0.3) is 10.8 Å². The van der Waals surface area contributed by atoms with Gasteiger partial charge in [0.25, 0.3) is 0 Å². The predicted octanol–water partition coefficient (Wildman–Crippen LogP) is 4.94. The Morgan fingerprint density at radius 2 is 1.91 bits per heavy atom. The smallest absolute Gasteiger partial charge is 0.413 e. The molecule has 1 amide bonds. The molecule has 2 N–H and O–H groups in total. The maximum atomic E-state index is 14.4. The van der Waals surface area contributed by atoms with E-state index in [1.54, 1.807) is 6.92 Å². The molecule has 0 bridgehead atoms. The van der Waals surface area contributed by atoms with E-state index in [1.165, 1.54) is 19.2 Å². The molecule has 1 aromatic heterocycles. The van der Waals surface area contributed by atoms with Gasteiger partial charge >= 0.3 is 12.1 Å². The Kier molecular flexibility index (Phi) is 8.12. The van der Waals surface area contributed by atoms with E-state index >= 15 is 0 Å². The van der Waals surface area contributed by atoms with E-state index in [1.807, 2.05) is 30.3 Å². The number of nitrogens with zero attached hydrogens (tertiary/aromatic N) is 1. The summed E-state index contributed by atoms with van der Waals surface area (Å²) in [5.41, 5.74) is 0.700. The number of ether oxygens (including phenoxy) is 3. The van der Waals surface area contributed by atoms with Gasteiger partial charge in [-0.05, 0) is 52.8 Å². The van der Waals surface area contributed by atoms with Crippen LogP contribution >= 0.6 is 28.1 Å². The number of anilines is 1. The van der Waals surface area contributed by atoms with E-state index in [-0.39, 0.29) is 45.4 Å². The van der Waals surface area contributed by atoms with E-state index in [0.29, 0.717) is 5.39 Å². The number of carbonyl (C=O) groups excluding carboxylic acids is 2. The molecule has 3 aromatic rings. The number of aromatic nitrogens is 1. The molecular weight excluding hydrogens is 517 g/mol. The quantitative estimate of drug-likeness (QED) is 0.338. The summed E-state index contributed by atoms with van der Waals surface area (Å²) >= 11 is 8.36. The van der Waals surface area contributed by atoms with Gasteiger partial charge in [-0.1, -0.05) is 30.3 Å². The minimum absolute atomic E-state index is 0.00522. The molecule has 0 atom stereocenters. The van der Waals surface area contributed by atoms with Crippen LogP contribution in [0.3, 0.4) is 0 Å². The maximum absolute atomic E-state index is 14.4. The van der Waals surface area contributed by atoms with E-state index in [9.17, 15) is 14.0 Å². The summed E-state index contributed by atoms with van der Waals surface area (Å²) in [4.78, 5) is 28.5.